The Kier molecular flexibility index (Phi) is 6.04. The number of hydrogen-bond acceptors (Lipinski definition) is 5. The molecule has 0 unspecified atom stereocenters. The normalized spacial score (nSPS) is 22.7. The molecule has 138 valence electrons. The third-order valence-corrected chi connectivity index (χ3v) is 4.91. The molecule has 2 amide bonds. The van der Waals surface area contributed by atoms with Crippen molar-refractivity contribution < 1.29 is 14.3 Å². The first kappa shape index (κ1) is 17.9. The Morgan fingerprint density at radius 2 is 2.04 bits per heavy atom. The Morgan fingerprint density at radius 3 is 2.84 bits per heavy atom. The van der Waals surface area contributed by atoms with Crippen molar-refractivity contribution in [2.24, 2.45) is 0 Å². The molecule has 0 N–H and O–H groups in total. The van der Waals surface area contributed by atoms with Crippen LogP contribution in [0.3, 0.4) is 0 Å². The van der Waals surface area contributed by atoms with Crippen molar-refractivity contribution in [3.05, 3.63) is 18.7 Å². The highest BCUT2D eigenvalue weighted by molar-refractivity contribution is 5.80. The highest BCUT2D eigenvalue weighted by Gasteiger charge is 2.31. The van der Waals surface area contributed by atoms with Gasteiger partial charge in [0.2, 0.25) is 11.8 Å². The van der Waals surface area contributed by atoms with E-state index in [-0.39, 0.29) is 24.4 Å². The Bertz CT molecular complexity index is 577. The lowest BCUT2D eigenvalue weighted by molar-refractivity contribution is -0.144. The molecule has 2 aliphatic rings. The van der Waals surface area contributed by atoms with E-state index in [1.165, 1.54) is 0 Å². The van der Waals surface area contributed by atoms with E-state index < -0.39 is 0 Å². The summed E-state index contributed by atoms with van der Waals surface area (Å²) in [5, 5.41) is 0. The van der Waals surface area contributed by atoms with E-state index in [0.29, 0.717) is 26.2 Å². The standard InChI is InChI=1S/C17H27N5O3/c1-19-4-2-5-21(8-7-19)16(23)11-15-13-25-10-9-22(15)17(24)12-20-6-3-18-14-20/h3,6,14-15H,2,4-5,7-13H2,1H3/t15-/m0/s1. The maximum atomic E-state index is 12.7. The zero-order valence-electron chi connectivity index (χ0n) is 14.8. The molecule has 0 spiro atoms. The zero-order valence-corrected chi connectivity index (χ0v) is 14.8. The molecule has 25 heavy (non-hydrogen) atoms. The molecule has 3 rings (SSSR count). The van der Waals surface area contributed by atoms with E-state index in [0.717, 1.165) is 32.6 Å². The molecule has 1 aromatic heterocycles. The molecule has 8 heteroatoms. The average Bonchev–Trinajstić information content (AvgIpc) is 3.01. The van der Waals surface area contributed by atoms with Gasteiger partial charge in [0, 0.05) is 45.0 Å². The molecular weight excluding hydrogens is 322 g/mol. The molecule has 0 radical (unpaired) electrons. The van der Waals surface area contributed by atoms with Crippen molar-refractivity contribution >= 4 is 11.8 Å². The molecule has 8 nitrogen and oxygen atoms in total. The lowest BCUT2D eigenvalue weighted by Gasteiger charge is -2.36. The Hall–Kier alpha value is -1.93. The summed E-state index contributed by atoms with van der Waals surface area (Å²) in [6.07, 6.45) is 6.38. The number of imidazole rings is 1. The second-order valence-corrected chi connectivity index (χ2v) is 6.79. The minimum absolute atomic E-state index is 0.00898. The molecule has 2 saturated heterocycles. The summed E-state index contributed by atoms with van der Waals surface area (Å²) < 4.78 is 7.29. The highest BCUT2D eigenvalue weighted by Crippen LogP contribution is 2.14. The number of likely N-dealkylation sites (N-methyl/N-ethyl adjacent to an activating group) is 1. The zero-order chi connectivity index (χ0) is 17.6. The van der Waals surface area contributed by atoms with Gasteiger partial charge in [-0.25, -0.2) is 4.98 Å². The van der Waals surface area contributed by atoms with Gasteiger partial charge in [0.25, 0.3) is 0 Å². The first-order valence-corrected chi connectivity index (χ1v) is 8.93. The first-order chi connectivity index (χ1) is 12.1. The van der Waals surface area contributed by atoms with Gasteiger partial charge in [0.1, 0.15) is 6.54 Å². The highest BCUT2D eigenvalue weighted by atomic mass is 16.5. The summed E-state index contributed by atoms with van der Waals surface area (Å²) in [7, 11) is 2.08. The van der Waals surface area contributed by atoms with Crippen LogP contribution in [0, 0.1) is 0 Å². The van der Waals surface area contributed by atoms with Gasteiger partial charge in [-0.15, -0.1) is 0 Å². The van der Waals surface area contributed by atoms with Gasteiger partial charge in [-0.1, -0.05) is 0 Å². The molecule has 2 aliphatic heterocycles. The molecule has 1 aromatic rings. The number of carbonyl (C=O) groups is 2. The molecule has 0 saturated carbocycles. The SMILES string of the molecule is CN1CCCN(C(=O)C[C@H]2COCCN2C(=O)Cn2ccnc2)CC1. The predicted molar refractivity (Wildman–Crippen MR) is 91.9 cm³/mol. The Labute approximate surface area is 148 Å². The fraction of sp³-hybridized carbons (Fsp3) is 0.706. The van der Waals surface area contributed by atoms with Gasteiger partial charge < -0.3 is 24.0 Å². The fourth-order valence-electron chi connectivity index (χ4n) is 3.41. The molecule has 0 bridgehead atoms. The van der Waals surface area contributed by atoms with Crippen molar-refractivity contribution in [1.82, 2.24) is 24.3 Å². The smallest absolute Gasteiger partial charge is 0.242 e. The van der Waals surface area contributed by atoms with E-state index in [9.17, 15) is 9.59 Å². The second-order valence-electron chi connectivity index (χ2n) is 6.79. The number of carbonyl (C=O) groups excluding carboxylic acids is 2. The van der Waals surface area contributed by atoms with E-state index in [4.69, 9.17) is 4.74 Å². The predicted octanol–water partition coefficient (Wildman–Crippen LogP) is -0.335. The van der Waals surface area contributed by atoms with Gasteiger partial charge in [-0.05, 0) is 20.0 Å². The summed E-state index contributed by atoms with van der Waals surface area (Å²) in [4.78, 5) is 35.3. The van der Waals surface area contributed by atoms with E-state index in [1.807, 2.05) is 4.90 Å². The topological polar surface area (TPSA) is 70.9 Å². The van der Waals surface area contributed by atoms with Crippen molar-refractivity contribution in [2.45, 2.75) is 25.4 Å². The summed E-state index contributed by atoms with van der Waals surface area (Å²) in [5.74, 6) is 0.126. The molecule has 0 aromatic carbocycles. The summed E-state index contributed by atoms with van der Waals surface area (Å²) in [6, 6.07) is -0.182. The minimum atomic E-state index is -0.182. The average molecular weight is 349 g/mol. The number of hydrogen-bond donors (Lipinski definition) is 0. The molecule has 2 fully saturated rings. The van der Waals surface area contributed by atoms with Crippen LogP contribution in [0.4, 0.5) is 0 Å². The van der Waals surface area contributed by atoms with Crippen LogP contribution in [0.1, 0.15) is 12.8 Å². The lowest BCUT2D eigenvalue weighted by Crippen LogP contribution is -2.51. The van der Waals surface area contributed by atoms with Gasteiger partial charge in [-0.3, -0.25) is 9.59 Å². The van der Waals surface area contributed by atoms with Crippen LogP contribution in [-0.4, -0.2) is 95.1 Å². The maximum Gasteiger partial charge on any atom is 0.242 e. The Balaban J connectivity index is 1.58. The number of ether oxygens (including phenoxy) is 1. The third-order valence-electron chi connectivity index (χ3n) is 4.91. The van der Waals surface area contributed by atoms with Crippen LogP contribution in [0.15, 0.2) is 18.7 Å². The minimum Gasteiger partial charge on any atom is -0.377 e. The Morgan fingerprint density at radius 1 is 1.16 bits per heavy atom. The van der Waals surface area contributed by atoms with Crippen LogP contribution in [0.25, 0.3) is 0 Å². The molecule has 0 aliphatic carbocycles. The van der Waals surface area contributed by atoms with Crippen LogP contribution >= 0.6 is 0 Å². The van der Waals surface area contributed by atoms with E-state index >= 15 is 0 Å². The molecular formula is C17H27N5O3. The van der Waals surface area contributed by atoms with Gasteiger partial charge in [-0.2, -0.15) is 0 Å². The number of rotatable bonds is 4. The maximum absolute atomic E-state index is 12.7. The third kappa shape index (κ3) is 4.79. The largest absolute Gasteiger partial charge is 0.377 e. The van der Waals surface area contributed by atoms with Crippen molar-refractivity contribution in [3.63, 3.8) is 0 Å². The molecule has 1 atom stereocenters. The van der Waals surface area contributed by atoms with Gasteiger partial charge in [0.15, 0.2) is 0 Å². The lowest BCUT2D eigenvalue weighted by atomic mass is 10.1. The summed E-state index contributed by atoms with van der Waals surface area (Å²) >= 11 is 0. The second kappa shape index (κ2) is 8.44. The monoisotopic (exact) mass is 349 g/mol. The van der Waals surface area contributed by atoms with Crippen molar-refractivity contribution in [2.75, 3.05) is 53.0 Å². The van der Waals surface area contributed by atoms with E-state index in [1.54, 1.807) is 28.2 Å². The van der Waals surface area contributed by atoms with Crippen LogP contribution in [0.5, 0.6) is 0 Å². The summed E-state index contributed by atoms with van der Waals surface area (Å²) in [5.41, 5.74) is 0. The number of morpholine rings is 1. The number of nitrogens with zero attached hydrogens (tertiary/aromatic N) is 5. The number of aromatic nitrogens is 2. The van der Waals surface area contributed by atoms with Crippen LogP contribution in [0.2, 0.25) is 0 Å². The molecule has 3 heterocycles. The van der Waals surface area contributed by atoms with Crippen molar-refractivity contribution in [3.8, 4) is 0 Å². The first-order valence-electron chi connectivity index (χ1n) is 8.93. The quantitative estimate of drug-likeness (QED) is 0.744. The van der Waals surface area contributed by atoms with E-state index in [2.05, 4.69) is 16.9 Å². The fourth-order valence-corrected chi connectivity index (χ4v) is 3.41. The summed E-state index contributed by atoms with van der Waals surface area (Å²) in [6.45, 7) is 5.20. The van der Waals surface area contributed by atoms with Crippen LogP contribution < -0.4 is 0 Å². The van der Waals surface area contributed by atoms with Gasteiger partial charge in [0.05, 0.1) is 25.6 Å². The van der Waals surface area contributed by atoms with Crippen molar-refractivity contribution in [1.29, 1.82) is 0 Å². The van der Waals surface area contributed by atoms with Gasteiger partial charge >= 0.3 is 0 Å². The van der Waals surface area contributed by atoms with Crippen LogP contribution in [-0.2, 0) is 20.9 Å². The number of amides is 2.